The van der Waals surface area contributed by atoms with Crippen molar-refractivity contribution in [1.29, 1.82) is 0 Å². The smallest absolute Gasteiger partial charge is 0.224 e. The lowest BCUT2D eigenvalue weighted by atomic mass is 10.2. The van der Waals surface area contributed by atoms with E-state index in [1.54, 1.807) is 15.9 Å². The molecule has 0 aromatic carbocycles. The van der Waals surface area contributed by atoms with Crippen LogP contribution in [0.15, 0.2) is 12.7 Å². The van der Waals surface area contributed by atoms with Crippen LogP contribution < -0.4 is 0 Å². The Balaban J connectivity index is 1.83. The number of aryl methyl sites for hydroxylation is 1. The second kappa shape index (κ2) is 5.07. The standard InChI is InChI=1S/C10H16N4O2/c15-6-9-2-1-4-14(9)10(16)3-5-13-8-11-7-12-13/h7-9,15H,1-6H2/t9-/m1/s1. The number of carbonyl (C=O) groups excluding carboxylic acids is 1. The van der Waals surface area contributed by atoms with Gasteiger partial charge in [0.2, 0.25) is 5.91 Å². The van der Waals surface area contributed by atoms with Crippen LogP contribution in [0.4, 0.5) is 0 Å². The van der Waals surface area contributed by atoms with Gasteiger partial charge in [-0.1, -0.05) is 0 Å². The molecule has 0 radical (unpaired) electrons. The Morgan fingerprint density at radius 2 is 2.44 bits per heavy atom. The number of likely N-dealkylation sites (tertiary alicyclic amines) is 1. The molecule has 1 saturated heterocycles. The molecule has 88 valence electrons. The largest absolute Gasteiger partial charge is 0.394 e. The lowest BCUT2D eigenvalue weighted by Crippen LogP contribution is -2.38. The zero-order chi connectivity index (χ0) is 11.4. The molecule has 0 unspecified atom stereocenters. The predicted molar refractivity (Wildman–Crippen MR) is 56.5 cm³/mol. The molecule has 16 heavy (non-hydrogen) atoms. The number of nitrogens with zero attached hydrogens (tertiary/aromatic N) is 4. The lowest BCUT2D eigenvalue weighted by molar-refractivity contribution is -0.133. The molecule has 1 aromatic heterocycles. The van der Waals surface area contributed by atoms with E-state index in [2.05, 4.69) is 10.1 Å². The van der Waals surface area contributed by atoms with E-state index in [1.807, 2.05) is 0 Å². The number of hydrogen-bond acceptors (Lipinski definition) is 4. The van der Waals surface area contributed by atoms with Crippen LogP contribution in [0.25, 0.3) is 0 Å². The first kappa shape index (κ1) is 11.1. The first-order valence-corrected chi connectivity index (χ1v) is 5.54. The molecule has 1 amide bonds. The van der Waals surface area contributed by atoms with Gasteiger partial charge in [0.25, 0.3) is 0 Å². The van der Waals surface area contributed by atoms with Gasteiger partial charge in [0.1, 0.15) is 12.7 Å². The molecule has 0 bridgehead atoms. The van der Waals surface area contributed by atoms with Crippen LogP contribution in [0.5, 0.6) is 0 Å². The number of aliphatic hydroxyl groups excluding tert-OH is 1. The third-order valence-electron chi connectivity index (χ3n) is 2.93. The highest BCUT2D eigenvalue weighted by molar-refractivity contribution is 5.76. The van der Waals surface area contributed by atoms with Crippen LogP contribution in [0, 0.1) is 0 Å². The highest BCUT2D eigenvalue weighted by Gasteiger charge is 2.27. The fourth-order valence-electron chi connectivity index (χ4n) is 2.06. The van der Waals surface area contributed by atoms with E-state index in [9.17, 15) is 4.79 Å². The number of carbonyl (C=O) groups is 1. The highest BCUT2D eigenvalue weighted by Crippen LogP contribution is 2.17. The average Bonchev–Trinajstić information content (AvgIpc) is 2.96. The molecule has 1 aliphatic rings. The Hall–Kier alpha value is -1.43. The number of rotatable bonds is 4. The molecule has 1 aliphatic heterocycles. The monoisotopic (exact) mass is 224 g/mol. The maximum Gasteiger partial charge on any atom is 0.224 e. The second-order valence-electron chi connectivity index (χ2n) is 3.97. The normalized spacial score (nSPS) is 20.3. The molecule has 1 aromatic rings. The van der Waals surface area contributed by atoms with Gasteiger partial charge in [-0.15, -0.1) is 0 Å². The SMILES string of the molecule is O=C(CCn1cncn1)N1CCC[C@@H]1CO. The minimum absolute atomic E-state index is 0.0169. The van der Waals surface area contributed by atoms with Crippen molar-refractivity contribution in [2.45, 2.75) is 31.8 Å². The summed E-state index contributed by atoms with van der Waals surface area (Å²) in [5, 5.41) is 13.1. The maximum atomic E-state index is 11.9. The summed E-state index contributed by atoms with van der Waals surface area (Å²) in [6, 6.07) is 0.0169. The first-order chi connectivity index (χ1) is 7.81. The molecule has 6 nitrogen and oxygen atoms in total. The molecule has 2 rings (SSSR count). The van der Waals surface area contributed by atoms with Gasteiger partial charge < -0.3 is 10.0 Å². The zero-order valence-corrected chi connectivity index (χ0v) is 9.12. The van der Waals surface area contributed by atoms with E-state index in [0.717, 1.165) is 19.4 Å². The Bertz CT molecular complexity index is 339. The van der Waals surface area contributed by atoms with E-state index >= 15 is 0 Å². The Morgan fingerprint density at radius 1 is 1.56 bits per heavy atom. The number of aromatic nitrogens is 3. The molecule has 1 atom stereocenters. The average molecular weight is 224 g/mol. The number of amides is 1. The molecule has 0 aliphatic carbocycles. The summed E-state index contributed by atoms with van der Waals surface area (Å²) in [7, 11) is 0. The molecule has 0 spiro atoms. The molecule has 0 saturated carbocycles. The van der Waals surface area contributed by atoms with Crippen molar-refractivity contribution in [3.8, 4) is 0 Å². The summed E-state index contributed by atoms with van der Waals surface area (Å²) in [6.07, 6.45) is 5.36. The van der Waals surface area contributed by atoms with Crippen LogP contribution in [-0.2, 0) is 11.3 Å². The highest BCUT2D eigenvalue weighted by atomic mass is 16.3. The van der Waals surface area contributed by atoms with Crippen LogP contribution in [0.1, 0.15) is 19.3 Å². The minimum atomic E-state index is 0.0169. The summed E-state index contributed by atoms with van der Waals surface area (Å²) >= 11 is 0. The Labute approximate surface area is 93.9 Å². The van der Waals surface area contributed by atoms with Gasteiger partial charge in [0, 0.05) is 13.0 Å². The van der Waals surface area contributed by atoms with E-state index in [0.29, 0.717) is 13.0 Å². The summed E-state index contributed by atoms with van der Waals surface area (Å²) in [4.78, 5) is 17.5. The van der Waals surface area contributed by atoms with Crippen molar-refractivity contribution < 1.29 is 9.90 Å². The Kier molecular flexibility index (Phi) is 3.51. The fourth-order valence-corrected chi connectivity index (χ4v) is 2.06. The van der Waals surface area contributed by atoms with Crippen LogP contribution in [0.2, 0.25) is 0 Å². The quantitative estimate of drug-likeness (QED) is 0.759. The molecular weight excluding hydrogens is 208 g/mol. The zero-order valence-electron chi connectivity index (χ0n) is 9.12. The van der Waals surface area contributed by atoms with Crippen molar-refractivity contribution in [3.05, 3.63) is 12.7 Å². The second-order valence-corrected chi connectivity index (χ2v) is 3.97. The van der Waals surface area contributed by atoms with Crippen molar-refractivity contribution in [2.75, 3.05) is 13.2 Å². The van der Waals surface area contributed by atoms with Gasteiger partial charge in [-0.3, -0.25) is 9.48 Å². The third kappa shape index (κ3) is 2.38. The summed E-state index contributed by atoms with van der Waals surface area (Å²) < 4.78 is 1.64. The van der Waals surface area contributed by atoms with Gasteiger partial charge in [0.15, 0.2) is 0 Å². The molecule has 2 heterocycles. The van der Waals surface area contributed by atoms with E-state index in [-0.39, 0.29) is 18.6 Å². The predicted octanol–water partition coefficient (Wildman–Crippen LogP) is -0.349. The van der Waals surface area contributed by atoms with Crippen LogP contribution in [-0.4, -0.2) is 49.9 Å². The van der Waals surface area contributed by atoms with Crippen molar-refractivity contribution in [2.24, 2.45) is 0 Å². The first-order valence-electron chi connectivity index (χ1n) is 5.54. The van der Waals surface area contributed by atoms with Crippen LogP contribution >= 0.6 is 0 Å². The fraction of sp³-hybridized carbons (Fsp3) is 0.700. The minimum Gasteiger partial charge on any atom is -0.394 e. The summed E-state index contributed by atoms with van der Waals surface area (Å²) in [5.41, 5.74) is 0. The third-order valence-corrected chi connectivity index (χ3v) is 2.93. The van der Waals surface area contributed by atoms with Crippen LogP contribution in [0.3, 0.4) is 0 Å². The molecule has 1 N–H and O–H groups in total. The Morgan fingerprint density at radius 3 is 3.12 bits per heavy atom. The van der Waals surface area contributed by atoms with Gasteiger partial charge >= 0.3 is 0 Å². The van der Waals surface area contributed by atoms with E-state index in [1.165, 1.54) is 6.33 Å². The van der Waals surface area contributed by atoms with E-state index in [4.69, 9.17) is 5.11 Å². The summed E-state index contributed by atoms with van der Waals surface area (Å²) in [6.45, 7) is 1.38. The van der Waals surface area contributed by atoms with Crippen molar-refractivity contribution in [1.82, 2.24) is 19.7 Å². The van der Waals surface area contributed by atoms with Crippen molar-refractivity contribution in [3.63, 3.8) is 0 Å². The molecule has 6 heteroatoms. The van der Waals surface area contributed by atoms with E-state index < -0.39 is 0 Å². The molecular formula is C10H16N4O2. The van der Waals surface area contributed by atoms with Gasteiger partial charge in [-0.05, 0) is 12.8 Å². The number of hydrogen-bond donors (Lipinski definition) is 1. The van der Waals surface area contributed by atoms with Gasteiger partial charge in [-0.25, -0.2) is 4.98 Å². The maximum absolute atomic E-state index is 11.9. The van der Waals surface area contributed by atoms with Crippen molar-refractivity contribution >= 4 is 5.91 Å². The number of aliphatic hydroxyl groups is 1. The van der Waals surface area contributed by atoms with Gasteiger partial charge in [0.05, 0.1) is 19.2 Å². The lowest BCUT2D eigenvalue weighted by Gasteiger charge is -2.22. The van der Waals surface area contributed by atoms with Gasteiger partial charge in [-0.2, -0.15) is 5.10 Å². The topological polar surface area (TPSA) is 71.2 Å². The summed E-state index contributed by atoms with van der Waals surface area (Å²) in [5.74, 6) is 0.0899. The molecule has 1 fully saturated rings.